The monoisotopic (exact) mass is 129 g/mol. The maximum atomic E-state index is 9.43. The lowest BCUT2D eigenvalue weighted by Crippen LogP contribution is -2.50. The van der Waals surface area contributed by atoms with Crippen molar-refractivity contribution in [3.63, 3.8) is 0 Å². The minimum absolute atomic E-state index is 0.241. The van der Waals surface area contributed by atoms with Crippen LogP contribution in [0.5, 0.6) is 0 Å². The Labute approximate surface area is 56.1 Å². The van der Waals surface area contributed by atoms with Gasteiger partial charge < -0.3 is 10.8 Å². The Hall–Kier alpha value is -0.0800. The number of hydrogen-bond acceptors (Lipinski definition) is 2. The van der Waals surface area contributed by atoms with Crippen molar-refractivity contribution in [3.8, 4) is 0 Å². The molecule has 0 heterocycles. The van der Waals surface area contributed by atoms with Crippen LogP contribution in [0, 0.1) is 5.92 Å². The molecule has 9 heavy (non-hydrogen) atoms. The van der Waals surface area contributed by atoms with Crippen molar-refractivity contribution in [2.45, 2.75) is 38.3 Å². The minimum Gasteiger partial charge on any atom is -0.390 e. The molecule has 1 aliphatic carbocycles. The van der Waals surface area contributed by atoms with Crippen molar-refractivity contribution in [2.75, 3.05) is 0 Å². The maximum absolute atomic E-state index is 9.43. The van der Waals surface area contributed by atoms with E-state index in [2.05, 4.69) is 0 Å². The van der Waals surface area contributed by atoms with E-state index >= 15 is 0 Å². The fraction of sp³-hybridized carbons (Fsp3) is 1.00. The first-order chi connectivity index (χ1) is 4.02. The zero-order valence-electron chi connectivity index (χ0n) is 6.09. The molecule has 0 spiro atoms. The van der Waals surface area contributed by atoms with E-state index in [1.165, 1.54) is 0 Å². The third kappa shape index (κ3) is 1.25. The molecular weight excluding hydrogens is 114 g/mol. The van der Waals surface area contributed by atoms with Crippen molar-refractivity contribution in [2.24, 2.45) is 11.7 Å². The average Bonchev–Trinajstić information content (AvgIpc) is 1.57. The summed E-state index contributed by atoms with van der Waals surface area (Å²) >= 11 is 0. The topological polar surface area (TPSA) is 46.2 Å². The van der Waals surface area contributed by atoms with Gasteiger partial charge in [0.05, 0.1) is 5.60 Å². The van der Waals surface area contributed by atoms with E-state index in [-0.39, 0.29) is 6.04 Å². The second-order valence-electron chi connectivity index (χ2n) is 3.50. The molecular formula is C7H15NO. The van der Waals surface area contributed by atoms with Crippen molar-refractivity contribution >= 4 is 0 Å². The second kappa shape index (κ2) is 1.96. The highest BCUT2D eigenvalue weighted by molar-refractivity contribution is 4.93. The molecule has 2 heteroatoms. The van der Waals surface area contributed by atoms with E-state index in [1.807, 2.05) is 13.8 Å². The molecule has 1 rings (SSSR count). The summed E-state index contributed by atoms with van der Waals surface area (Å²) in [6.07, 6.45) is 2.17. The summed E-state index contributed by atoms with van der Waals surface area (Å²) in [7, 11) is 0. The Morgan fingerprint density at radius 1 is 1.44 bits per heavy atom. The van der Waals surface area contributed by atoms with Gasteiger partial charge in [-0.2, -0.15) is 0 Å². The van der Waals surface area contributed by atoms with Crippen LogP contribution < -0.4 is 5.73 Å². The molecule has 0 radical (unpaired) electrons. The lowest BCUT2D eigenvalue weighted by atomic mass is 9.71. The van der Waals surface area contributed by atoms with Gasteiger partial charge in [0.2, 0.25) is 0 Å². The van der Waals surface area contributed by atoms with Crippen LogP contribution >= 0.6 is 0 Å². The number of nitrogens with two attached hydrogens (primary N) is 1. The Kier molecular flexibility index (Phi) is 1.53. The minimum atomic E-state index is -0.558. The summed E-state index contributed by atoms with van der Waals surface area (Å²) < 4.78 is 0. The maximum Gasteiger partial charge on any atom is 0.0634 e. The first-order valence-corrected chi connectivity index (χ1v) is 3.50. The molecule has 1 saturated carbocycles. The van der Waals surface area contributed by atoms with Crippen LogP contribution in [-0.2, 0) is 0 Å². The number of rotatable bonds is 1. The van der Waals surface area contributed by atoms with Gasteiger partial charge in [-0.15, -0.1) is 0 Å². The SMILES string of the molecule is CC(C)(O)C1CCC1N. The molecule has 2 nitrogen and oxygen atoms in total. The summed E-state index contributed by atoms with van der Waals surface area (Å²) in [5.41, 5.74) is 5.09. The highest BCUT2D eigenvalue weighted by atomic mass is 16.3. The standard InChI is InChI=1S/C7H15NO/c1-7(2,9)5-3-4-6(5)8/h5-6,9H,3-4,8H2,1-2H3. The smallest absolute Gasteiger partial charge is 0.0634 e. The number of aliphatic hydroxyl groups is 1. The van der Waals surface area contributed by atoms with Gasteiger partial charge in [0.1, 0.15) is 0 Å². The normalized spacial score (nSPS) is 36.0. The van der Waals surface area contributed by atoms with Crippen LogP contribution in [0.4, 0.5) is 0 Å². The summed E-state index contributed by atoms with van der Waals surface area (Å²) in [6.45, 7) is 3.66. The molecule has 0 aromatic carbocycles. The molecule has 3 N–H and O–H groups in total. The third-order valence-corrected chi connectivity index (χ3v) is 2.24. The lowest BCUT2D eigenvalue weighted by molar-refractivity contribution is -0.0301. The van der Waals surface area contributed by atoms with Crippen molar-refractivity contribution in [1.29, 1.82) is 0 Å². The molecule has 1 fully saturated rings. The molecule has 1 aliphatic rings. The second-order valence-corrected chi connectivity index (χ2v) is 3.50. The van der Waals surface area contributed by atoms with E-state index in [0.717, 1.165) is 12.8 Å². The Morgan fingerprint density at radius 2 is 2.00 bits per heavy atom. The van der Waals surface area contributed by atoms with Crippen LogP contribution in [0.3, 0.4) is 0 Å². The zero-order valence-corrected chi connectivity index (χ0v) is 6.09. The summed E-state index contributed by atoms with van der Waals surface area (Å²) in [4.78, 5) is 0. The predicted octanol–water partition coefficient (Wildman–Crippen LogP) is 0.495. The van der Waals surface area contributed by atoms with Crippen LogP contribution in [0.2, 0.25) is 0 Å². The first-order valence-electron chi connectivity index (χ1n) is 3.50. The van der Waals surface area contributed by atoms with Gasteiger partial charge >= 0.3 is 0 Å². The van der Waals surface area contributed by atoms with Gasteiger partial charge in [0.25, 0.3) is 0 Å². The van der Waals surface area contributed by atoms with E-state index in [9.17, 15) is 5.11 Å². The van der Waals surface area contributed by atoms with E-state index in [4.69, 9.17) is 5.73 Å². The van der Waals surface area contributed by atoms with Gasteiger partial charge in [-0.1, -0.05) is 0 Å². The Bertz CT molecular complexity index is 106. The van der Waals surface area contributed by atoms with Gasteiger partial charge in [-0.25, -0.2) is 0 Å². The summed E-state index contributed by atoms with van der Waals surface area (Å²) in [6, 6.07) is 0.241. The zero-order chi connectivity index (χ0) is 7.07. The molecule has 0 aromatic heterocycles. The predicted molar refractivity (Wildman–Crippen MR) is 37.0 cm³/mol. The van der Waals surface area contributed by atoms with Gasteiger partial charge in [0.15, 0.2) is 0 Å². The lowest BCUT2D eigenvalue weighted by Gasteiger charge is -2.41. The fourth-order valence-corrected chi connectivity index (χ4v) is 1.40. The molecule has 2 unspecified atom stereocenters. The van der Waals surface area contributed by atoms with Crippen molar-refractivity contribution in [3.05, 3.63) is 0 Å². The summed E-state index contributed by atoms with van der Waals surface area (Å²) in [5, 5.41) is 9.43. The largest absolute Gasteiger partial charge is 0.390 e. The highest BCUT2D eigenvalue weighted by Gasteiger charge is 2.38. The highest BCUT2D eigenvalue weighted by Crippen LogP contribution is 2.34. The third-order valence-electron chi connectivity index (χ3n) is 2.24. The van der Waals surface area contributed by atoms with E-state index in [0.29, 0.717) is 5.92 Å². The molecule has 0 bridgehead atoms. The molecule has 54 valence electrons. The summed E-state index contributed by atoms with van der Waals surface area (Å²) in [5.74, 6) is 0.331. The van der Waals surface area contributed by atoms with E-state index < -0.39 is 5.60 Å². The number of hydrogen-bond donors (Lipinski definition) is 2. The van der Waals surface area contributed by atoms with Gasteiger partial charge in [-0.3, -0.25) is 0 Å². The van der Waals surface area contributed by atoms with Gasteiger partial charge in [0, 0.05) is 12.0 Å². The van der Waals surface area contributed by atoms with Crippen molar-refractivity contribution in [1.82, 2.24) is 0 Å². The van der Waals surface area contributed by atoms with Crippen molar-refractivity contribution < 1.29 is 5.11 Å². The van der Waals surface area contributed by atoms with E-state index in [1.54, 1.807) is 0 Å². The first kappa shape index (κ1) is 7.03. The molecule has 0 saturated heterocycles. The van der Waals surface area contributed by atoms with Gasteiger partial charge in [-0.05, 0) is 26.7 Å². The van der Waals surface area contributed by atoms with Crippen LogP contribution in [0.1, 0.15) is 26.7 Å². The molecule has 0 aliphatic heterocycles. The van der Waals surface area contributed by atoms with Crippen LogP contribution in [0.15, 0.2) is 0 Å². The molecule has 2 atom stereocenters. The quantitative estimate of drug-likeness (QED) is 0.541. The fourth-order valence-electron chi connectivity index (χ4n) is 1.40. The average molecular weight is 129 g/mol. The molecule has 0 aromatic rings. The van der Waals surface area contributed by atoms with Crippen LogP contribution in [0.25, 0.3) is 0 Å². The Morgan fingerprint density at radius 3 is 2.00 bits per heavy atom. The molecule has 0 amide bonds. The van der Waals surface area contributed by atoms with Crippen LogP contribution in [-0.4, -0.2) is 16.7 Å². The Balaban J connectivity index is 2.44.